The van der Waals surface area contributed by atoms with E-state index in [2.05, 4.69) is 4.99 Å². The minimum atomic E-state index is -0.752. The van der Waals surface area contributed by atoms with Crippen LogP contribution in [0.25, 0.3) is 0 Å². The van der Waals surface area contributed by atoms with E-state index >= 15 is 0 Å². The minimum Gasteiger partial charge on any atom is -0.497 e. The zero-order valence-electron chi connectivity index (χ0n) is 15.4. The van der Waals surface area contributed by atoms with Crippen molar-refractivity contribution in [3.63, 3.8) is 0 Å². The second-order valence-electron chi connectivity index (χ2n) is 7.09. The molecule has 0 amide bonds. The number of aliphatic imine (C=N–C) groups is 1. The molecule has 1 heterocycles. The topological polar surface area (TPSA) is 57.1 Å². The lowest BCUT2D eigenvalue weighted by atomic mass is 10.0. The van der Waals surface area contributed by atoms with Gasteiger partial charge in [0.05, 0.1) is 7.11 Å². The van der Waals surface area contributed by atoms with E-state index in [-0.39, 0.29) is 0 Å². The molecule has 0 aliphatic carbocycles. The summed E-state index contributed by atoms with van der Waals surface area (Å²) in [6.45, 7) is 5.51. The average molecular weight is 353 g/mol. The zero-order chi connectivity index (χ0) is 18.7. The molecule has 0 saturated heterocycles. The molecule has 0 aromatic heterocycles. The van der Waals surface area contributed by atoms with Gasteiger partial charge in [-0.2, -0.15) is 0 Å². The second kappa shape index (κ2) is 7.20. The van der Waals surface area contributed by atoms with Crippen molar-refractivity contribution in [2.24, 2.45) is 4.99 Å². The van der Waals surface area contributed by atoms with E-state index < -0.39 is 23.7 Å². The Morgan fingerprint density at radius 2 is 1.69 bits per heavy atom. The molecule has 0 saturated carbocycles. The molecule has 0 spiro atoms. The van der Waals surface area contributed by atoms with Gasteiger partial charge in [-0.05, 0) is 50.6 Å². The van der Waals surface area contributed by atoms with Crippen LogP contribution in [0.4, 0.5) is 0 Å². The molecule has 136 valence electrons. The quantitative estimate of drug-likeness (QED) is 0.782. The fraction of sp³-hybridized carbons (Fsp3) is 0.333. The van der Waals surface area contributed by atoms with Crippen molar-refractivity contribution in [3.05, 3.63) is 65.7 Å². The highest BCUT2D eigenvalue weighted by atomic mass is 16.6. The molecule has 2 aromatic rings. The standard InChI is InChI=1S/C21H23NO4/c1-21(2,3)26-20(23)17-18(14-10-12-16(24-4)13-11-14)25-19(22-17)15-8-6-5-7-9-15/h5-13,17-18H,1-4H3/t17-,18-/m0/s1. The van der Waals surface area contributed by atoms with Crippen LogP contribution >= 0.6 is 0 Å². The molecule has 5 nitrogen and oxygen atoms in total. The summed E-state index contributed by atoms with van der Waals surface area (Å²) in [6, 6.07) is 16.2. The zero-order valence-corrected chi connectivity index (χ0v) is 15.4. The Bertz CT molecular complexity index is 791. The van der Waals surface area contributed by atoms with E-state index in [1.807, 2.05) is 75.4 Å². The van der Waals surface area contributed by atoms with Crippen LogP contribution in [-0.2, 0) is 14.3 Å². The van der Waals surface area contributed by atoms with Crippen LogP contribution in [0.15, 0.2) is 59.6 Å². The van der Waals surface area contributed by atoms with Gasteiger partial charge in [0.15, 0.2) is 12.1 Å². The molecule has 2 atom stereocenters. The summed E-state index contributed by atoms with van der Waals surface area (Å²) in [6.07, 6.45) is -0.536. The molecule has 0 bridgehead atoms. The first-order valence-electron chi connectivity index (χ1n) is 8.54. The van der Waals surface area contributed by atoms with Crippen molar-refractivity contribution in [3.8, 4) is 5.75 Å². The fourth-order valence-corrected chi connectivity index (χ4v) is 2.71. The number of esters is 1. The molecule has 26 heavy (non-hydrogen) atoms. The van der Waals surface area contributed by atoms with Crippen molar-refractivity contribution in [1.82, 2.24) is 0 Å². The maximum absolute atomic E-state index is 12.7. The van der Waals surface area contributed by atoms with E-state index in [9.17, 15) is 4.79 Å². The van der Waals surface area contributed by atoms with Gasteiger partial charge in [-0.1, -0.05) is 30.3 Å². The summed E-state index contributed by atoms with van der Waals surface area (Å²) in [5, 5.41) is 0. The first kappa shape index (κ1) is 18.0. The molecule has 1 aliphatic rings. The highest BCUT2D eigenvalue weighted by molar-refractivity contribution is 5.98. The third kappa shape index (κ3) is 4.04. The number of carbonyl (C=O) groups excluding carboxylic acids is 1. The van der Waals surface area contributed by atoms with E-state index in [1.165, 1.54) is 0 Å². The SMILES string of the molecule is COc1ccc([C@@H]2OC(c3ccccc3)=N[C@@H]2C(=O)OC(C)(C)C)cc1. The lowest BCUT2D eigenvalue weighted by molar-refractivity contribution is -0.158. The molecule has 0 unspecified atom stereocenters. The Morgan fingerprint density at radius 3 is 2.27 bits per heavy atom. The van der Waals surface area contributed by atoms with E-state index in [0.717, 1.165) is 16.9 Å². The fourth-order valence-electron chi connectivity index (χ4n) is 2.71. The normalized spacial score (nSPS) is 19.5. The van der Waals surface area contributed by atoms with Gasteiger partial charge in [0.2, 0.25) is 5.90 Å². The van der Waals surface area contributed by atoms with Crippen molar-refractivity contribution in [2.75, 3.05) is 7.11 Å². The van der Waals surface area contributed by atoms with Gasteiger partial charge in [-0.25, -0.2) is 9.79 Å². The van der Waals surface area contributed by atoms with Crippen LogP contribution in [0.5, 0.6) is 5.75 Å². The number of nitrogens with zero attached hydrogens (tertiary/aromatic N) is 1. The molecule has 0 radical (unpaired) electrons. The van der Waals surface area contributed by atoms with Crippen LogP contribution in [0.1, 0.15) is 38.0 Å². The van der Waals surface area contributed by atoms with Crippen molar-refractivity contribution >= 4 is 11.9 Å². The minimum absolute atomic E-state index is 0.399. The second-order valence-corrected chi connectivity index (χ2v) is 7.09. The Labute approximate surface area is 153 Å². The molecule has 0 N–H and O–H groups in total. The Kier molecular flexibility index (Phi) is 4.98. The summed E-state index contributed by atoms with van der Waals surface area (Å²) in [5.41, 5.74) is 1.08. The van der Waals surface area contributed by atoms with Gasteiger partial charge >= 0.3 is 5.97 Å². The maximum atomic E-state index is 12.7. The molecular weight excluding hydrogens is 330 g/mol. The number of hydrogen-bond acceptors (Lipinski definition) is 5. The predicted octanol–water partition coefficient (Wildman–Crippen LogP) is 3.92. The van der Waals surface area contributed by atoms with Crippen LogP contribution < -0.4 is 4.74 Å². The summed E-state index contributed by atoms with van der Waals surface area (Å²) >= 11 is 0. The third-order valence-corrected chi connectivity index (χ3v) is 3.90. The third-order valence-electron chi connectivity index (χ3n) is 3.90. The van der Waals surface area contributed by atoms with Gasteiger partial charge in [-0.3, -0.25) is 0 Å². The van der Waals surface area contributed by atoms with Crippen LogP contribution in [0, 0.1) is 0 Å². The molecule has 2 aromatic carbocycles. The first-order chi connectivity index (χ1) is 12.4. The number of hydrogen-bond donors (Lipinski definition) is 0. The Morgan fingerprint density at radius 1 is 1.04 bits per heavy atom. The van der Waals surface area contributed by atoms with Gasteiger partial charge < -0.3 is 14.2 Å². The highest BCUT2D eigenvalue weighted by Crippen LogP contribution is 2.33. The monoisotopic (exact) mass is 353 g/mol. The summed E-state index contributed by atoms with van der Waals surface area (Å²) in [7, 11) is 1.61. The van der Waals surface area contributed by atoms with E-state index in [1.54, 1.807) is 7.11 Å². The van der Waals surface area contributed by atoms with Gasteiger partial charge in [-0.15, -0.1) is 0 Å². The molecule has 1 aliphatic heterocycles. The smallest absolute Gasteiger partial charge is 0.335 e. The average Bonchev–Trinajstić information content (AvgIpc) is 3.07. The molecule has 5 heteroatoms. The molecule has 3 rings (SSSR count). The number of methoxy groups -OCH3 is 1. The summed E-state index contributed by atoms with van der Waals surface area (Å²) in [4.78, 5) is 17.2. The van der Waals surface area contributed by atoms with Gasteiger partial charge in [0.1, 0.15) is 11.4 Å². The maximum Gasteiger partial charge on any atom is 0.335 e. The molecule has 0 fully saturated rings. The van der Waals surface area contributed by atoms with Crippen molar-refractivity contribution < 1.29 is 19.0 Å². The predicted molar refractivity (Wildman–Crippen MR) is 99.4 cm³/mol. The van der Waals surface area contributed by atoms with Crippen molar-refractivity contribution in [2.45, 2.75) is 38.5 Å². The highest BCUT2D eigenvalue weighted by Gasteiger charge is 2.40. The first-order valence-corrected chi connectivity index (χ1v) is 8.54. The van der Waals surface area contributed by atoms with E-state index in [4.69, 9.17) is 14.2 Å². The lowest BCUT2D eigenvalue weighted by Gasteiger charge is -2.23. The summed E-state index contributed by atoms with van der Waals surface area (Å²) in [5.74, 6) is 0.788. The Balaban J connectivity index is 1.92. The van der Waals surface area contributed by atoms with Crippen LogP contribution in [0.3, 0.4) is 0 Å². The lowest BCUT2D eigenvalue weighted by Crippen LogP contribution is -2.33. The number of rotatable bonds is 4. The van der Waals surface area contributed by atoms with Crippen LogP contribution in [-0.4, -0.2) is 30.6 Å². The Hall–Kier alpha value is -2.82. The number of ether oxygens (including phenoxy) is 3. The van der Waals surface area contributed by atoms with E-state index in [0.29, 0.717) is 5.90 Å². The summed E-state index contributed by atoms with van der Waals surface area (Å²) < 4.78 is 16.8. The van der Waals surface area contributed by atoms with Gasteiger partial charge in [0.25, 0.3) is 0 Å². The number of carbonyl (C=O) groups is 1. The molecular formula is C21H23NO4. The number of benzene rings is 2. The van der Waals surface area contributed by atoms with Crippen molar-refractivity contribution in [1.29, 1.82) is 0 Å². The van der Waals surface area contributed by atoms with Gasteiger partial charge in [0, 0.05) is 5.56 Å². The van der Waals surface area contributed by atoms with Crippen LogP contribution in [0.2, 0.25) is 0 Å². The largest absolute Gasteiger partial charge is 0.497 e.